The van der Waals surface area contributed by atoms with Crippen molar-refractivity contribution in [2.45, 2.75) is 32.6 Å². The van der Waals surface area contributed by atoms with Crippen molar-refractivity contribution in [1.29, 1.82) is 0 Å². The van der Waals surface area contributed by atoms with Crippen molar-refractivity contribution < 1.29 is 21.1 Å². The minimum absolute atomic E-state index is 0. The number of fused-ring (bicyclic) bond motifs is 2. The third-order valence-corrected chi connectivity index (χ3v) is 3.56. The summed E-state index contributed by atoms with van der Waals surface area (Å²) in [5.74, 6) is 0. The zero-order chi connectivity index (χ0) is 15.6. The van der Waals surface area contributed by atoms with Crippen LogP contribution in [0, 0.1) is 19.1 Å². The van der Waals surface area contributed by atoms with Crippen LogP contribution in [0.3, 0.4) is 0 Å². The summed E-state index contributed by atoms with van der Waals surface area (Å²) >= 11 is 0. The van der Waals surface area contributed by atoms with Crippen LogP contribution < -0.4 is 0 Å². The van der Waals surface area contributed by atoms with Gasteiger partial charge in [0.05, 0.1) is 0 Å². The first kappa shape index (κ1) is 19.7. The van der Waals surface area contributed by atoms with Gasteiger partial charge in [0.15, 0.2) is 0 Å². The van der Waals surface area contributed by atoms with Gasteiger partial charge in [0.2, 0.25) is 0 Å². The molecule has 23 heavy (non-hydrogen) atoms. The van der Waals surface area contributed by atoms with Gasteiger partial charge < -0.3 is 6.92 Å². The molecule has 124 valence electrons. The summed E-state index contributed by atoms with van der Waals surface area (Å²) in [7, 11) is 0. The Balaban J connectivity index is 0.000000182. The summed E-state index contributed by atoms with van der Waals surface area (Å²) in [5.41, 5.74) is 5.46. The first-order chi connectivity index (χ1) is 10.8. The number of benzene rings is 2. The molecule has 2 aromatic rings. The largest absolute Gasteiger partial charge is 0.343 e. The van der Waals surface area contributed by atoms with Crippen molar-refractivity contribution >= 4 is 12.2 Å². The van der Waals surface area contributed by atoms with E-state index in [2.05, 4.69) is 86.7 Å². The Hall–Kier alpha value is -1.39. The van der Waals surface area contributed by atoms with E-state index in [0.717, 1.165) is 19.3 Å². The van der Waals surface area contributed by atoms with Crippen molar-refractivity contribution in [2.75, 3.05) is 0 Å². The maximum Gasteiger partial charge on any atom is 0 e. The van der Waals surface area contributed by atoms with E-state index in [-0.39, 0.29) is 21.1 Å². The molecule has 0 nitrogen and oxygen atoms in total. The molecule has 2 aromatic carbocycles. The Labute approximate surface area is 155 Å². The molecule has 0 bridgehead atoms. The van der Waals surface area contributed by atoms with E-state index in [1.807, 2.05) is 0 Å². The topological polar surface area (TPSA) is 0 Å². The Morgan fingerprint density at radius 3 is 1.57 bits per heavy atom. The number of rotatable bonds is 1. The molecule has 4 rings (SSSR count). The van der Waals surface area contributed by atoms with Gasteiger partial charge in [-0.25, -0.2) is 12.2 Å². The normalized spacial score (nSPS) is 12.1. The van der Waals surface area contributed by atoms with Gasteiger partial charge >= 0.3 is 0 Å². The van der Waals surface area contributed by atoms with Gasteiger partial charge in [-0.05, 0) is 0 Å². The van der Waals surface area contributed by atoms with Crippen LogP contribution >= 0.6 is 0 Å². The van der Waals surface area contributed by atoms with Crippen molar-refractivity contribution in [3.8, 4) is 0 Å². The molecule has 0 heterocycles. The van der Waals surface area contributed by atoms with E-state index in [4.69, 9.17) is 0 Å². The quantitative estimate of drug-likeness (QED) is 0.455. The fourth-order valence-electron chi connectivity index (χ4n) is 2.21. The van der Waals surface area contributed by atoms with Crippen molar-refractivity contribution in [1.82, 2.24) is 0 Å². The maximum atomic E-state index is 3.60. The molecule has 0 aliphatic heterocycles. The van der Waals surface area contributed by atoms with Crippen LogP contribution in [0.25, 0.3) is 12.2 Å². The van der Waals surface area contributed by atoms with E-state index in [0.29, 0.717) is 0 Å². The summed E-state index contributed by atoms with van der Waals surface area (Å²) in [6.07, 6.45) is 14.7. The molecule has 0 fully saturated rings. The van der Waals surface area contributed by atoms with Crippen LogP contribution in [0.1, 0.15) is 42.0 Å². The molecular formula is C22H23Pt-3. The van der Waals surface area contributed by atoms with Crippen molar-refractivity contribution in [2.24, 2.45) is 0 Å². The van der Waals surface area contributed by atoms with Gasteiger partial charge in [0.25, 0.3) is 0 Å². The Kier molecular flexibility index (Phi) is 9.56. The molecule has 2 aliphatic carbocycles. The van der Waals surface area contributed by atoms with Crippen LogP contribution in [0.4, 0.5) is 0 Å². The van der Waals surface area contributed by atoms with Crippen molar-refractivity contribution in [3.63, 3.8) is 0 Å². The Bertz CT molecular complexity index is 580. The molecule has 0 atom stereocenters. The van der Waals surface area contributed by atoms with Crippen LogP contribution in [0.2, 0.25) is 0 Å². The number of hydrogen-bond donors (Lipinski definition) is 0. The molecule has 0 unspecified atom stereocenters. The predicted octanol–water partition coefficient (Wildman–Crippen LogP) is 5.74. The summed E-state index contributed by atoms with van der Waals surface area (Å²) in [6, 6.07) is 16.8. The average Bonchev–Trinajstić information content (AvgIpc) is 3.24. The molecule has 0 saturated carbocycles. The van der Waals surface area contributed by atoms with E-state index in [1.165, 1.54) is 28.7 Å². The van der Waals surface area contributed by atoms with Gasteiger partial charge in [-0.1, -0.05) is 49.7 Å². The van der Waals surface area contributed by atoms with Gasteiger partial charge in [-0.3, -0.25) is 12.2 Å². The number of unbranched alkanes of at least 4 members (excludes halogenated alkanes) is 1. The summed E-state index contributed by atoms with van der Waals surface area (Å²) in [5, 5.41) is 0. The summed E-state index contributed by atoms with van der Waals surface area (Å²) < 4.78 is 0. The molecule has 1 heteroatoms. The minimum atomic E-state index is 0. The molecule has 0 spiro atoms. The monoisotopic (exact) mass is 482 g/mol. The van der Waals surface area contributed by atoms with Crippen LogP contribution in [-0.4, -0.2) is 0 Å². The van der Waals surface area contributed by atoms with E-state index >= 15 is 0 Å². The van der Waals surface area contributed by atoms with Gasteiger partial charge in [0.1, 0.15) is 0 Å². The van der Waals surface area contributed by atoms with E-state index in [9.17, 15) is 0 Å². The van der Waals surface area contributed by atoms with Gasteiger partial charge in [-0.15, -0.1) is 36.1 Å². The van der Waals surface area contributed by atoms with Crippen LogP contribution in [-0.2, 0) is 33.9 Å². The number of allylic oxidation sites excluding steroid dienone is 2. The third-order valence-electron chi connectivity index (χ3n) is 3.56. The third kappa shape index (κ3) is 6.32. The molecule has 2 aliphatic rings. The second kappa shape index (κ2) is 11.2. The minimum Gasteiger partial charge on any atom is -0.343 e. The second-order valence-corrected chi connectivity index (χ2v) is 5.30. The Morgan fingerprint density at radius 1 is 0.826 bits per heavy atom. The zero-order valence-electron chi connectivity index (χ0n) is 13.6. The maximum absolute atomic E-state index is 3.60. The molecular weight excluding hydrogens is 459 g/mol. The zero-order valence-corrected chi connectivity index (χ0v) is 15.9. The molecule has 0 aromatic heterocycles. The smallest absolute Gasteiger partial charge is 0 e. The standard InChI is InChI=1S/2C9H7.C4H9.Pt/c2*1-2-5-9-7-3-6-8(9)4-1;1-3-4-2;/h2*1-2,4-6H,7H2;1,3-4H2,2H3;/q3*-1;. The van der Waals surface area contributed by atoms with Crippen LogP contribution in [0.5, 0.6) is 0 Å². The van der Waals surface area contributed by atoms with Gasteiger partial charge in [-0.2, -0.15) is 17.5 Å². The van der Waals surface area contributed by atoms with E-state index < -0.39 is 0 Å². The molecule has 0 amide bonds. The molecule has 0 radical (unpaired) electrons. The van der Waals surface area contributed by atoms with Crippen molar-refractivity contribution in [3.05, 3.63) is 89.9 Å². The summed E-state index contributed by atoms with van der Waals surface area (Å²) in [6.45, 7) is 5.72. The average molecular weight is 483 g/mol. The Morgan fingerprint density at radius 2 is 1.22 bits per heavy atom. The fraction of sp³-hybridized carbons (Fsp3) is 0.227. The first-order valence-corrected chi connectivity index (χ1v) is 7.93. The molecule has 0 saturated heterocycles. The van der Waals surface area contributed by atoms with E-state index in [1.54, 1.807) is 0 Å². The van der Waals surface area contributed by atoms with Gasteiger partial charge in [0, 0.05) is 21.1 Å². The SMILES string of the molecule is [C-]1=Cc2ccccc2C1.[C-]1=Cc2ccccc2C1.[CH2-]CCC.[Pt]. The fourth-order valence-corrected chi connectivity index (χ4v) is 2.21. The molecule has 0 N–H and O–H groups in total. The number of hydrogen-bond acceptors (Lipinski definition) is 0. The second-order valence-electron chi connectivity index (χ2n) is 5.30. The predicted molar refractivity (Wildman–Crippen MR) is 96.0 cm³/mol. The summed E-state index contributed by atoms with van der Waals surface area (Å²) in [4.78, 5) is 0. The first-order valence-electron chi connectivity index (χ1n) is 7.93. The van der Waals surface area contributed by atoms with Crippen LogP contribution in [0.15, 0.2) is 48.5 Å².